The summed E-state index contributed by atoms with van der Waals surface area (Å²) in [6.45, 7) is 3.04. The van der Waals surface area contributed by atoms with Gasteiger partial charge in [0.05, 0.1) is 4.90 Å². The summed E-state index contributed by atoms with van der Waals surface area (Å²) in [5.74, 6) is -1.31. The molecule has 8 heteroatoms. The molecule has 1 heterocycles. The Labute approximate surface area is 109 Å². The maximum Gasteiger partial charge on any atom is 0.321 e. The van der Waals surface area contributed by atoms with Gasteiger partial charge >= 0.3 is 5.97 Å². The molecule has 0 saturated carbocycles. The molecule has 0 unspecified atom stereocenters. The first-order valence-corrected chi connectivity index (χ1v) is 7.51. The Morgan fingerprint density at radius 3 is 2.50 bits per heavy atom. The number of aliphatic hydroxyl groups is 1. The Morgan fingerprint density at radius 1 is 1.50 bits per heavy atom. The van der Waals surface area contributed by atoms with Crippen molar-refractivity contribution in [1.29, 1.82) is 0 Å². The second-order valence-electron chi connectivity index (χ2n) is 3.80. The lowest BCUT2D eigenvalue weighted by atomic mass is 10.2. The fourth-order valence-corrected chi connectivity index (χ4v) is 4.27. The topological polar surface area (TPSA) is 104 Å². The van der Waals surface area contributed by atoms with Crippen LogP contribution in [0.1, 0.15) is 16.2 Å². The molecule has 18 heavy (non-hydrogen) atoms. The van der Waals surface area contributed by atoms with Crippen molar-refractivity contribution >= 4 is 27.3 Å². The highest BCUT2D eigenvalue weighted by molar-refractivity contribution is 7.89. The molecule has 0 aliphatic heterocycles. The van der Waals surface area contributed by atoms with E-state index in [0.717, 1.165) is 4.88 Å². The number of hydrogen-bond donors (Lipinski definition) is 3. The number of sulfonamides is 1. The minimum Gasteiger partial charge on any atom is -0.480 e. The SMILES string of the molecule is Cc1cc(S(=O)(=O)N[C@@H](CCO)C(=O)O)c(C)s1. The van der Waals surface area contributed by atoms with Gasteiger partial charge < -0.3 is 10.2 Å². The second kappa shape index (κ2) is 5.79. The summed E-state index contributed by atoms with van der Waals surface area (Å²) in [6, 6.07) is 0.180. The third-order valence-corrected chi connectivity index (χ3v) is 4.99. The van der Waals surface area contributed by atoms with E-state index in [9.17, 15) is 13.2 Å². The number of rotatable bonds is 6. The number of hydrogen-bond acceptors (Lipinski definition) is 5. The lowest BCUT2D eigenvalue weighted by Gasteiger charge is -2.13. The van der Waals surface area contributed by atoms with E-state index in [4.69, 9.17) is 10.2 Å². The summed E-state index contributed by atoms with van der Waals surface area (Å²) in [5, 5.41) is 17.6. The fourth-order valence-electron chi connectivity index (χ4n) is 1.49. The highest BCUT2D eigenvalue weighted by Crippen LogP contribution is 2.25. The van der Waals surface area contributed by atoms with Crippen LogP contribution in [-0.2, 0) is 14.8 Å². The van der Waals surface area contributed by atoms with E-state index >= 15 is 0 Å². The number of aryl methyl sites for hydroxylation is 2. The molecule has 0 bridgehead atoms. The number of thiophene rings is 1. The van der Waals surface area contributed by atoms with Crippen molar-refractivity contribution in [2.45, 2.75) is 31.2 Å². The van der Waals surface area contributed by atoms with Crippen molar-refractivity contribution in [2.75, 3.05) is 6.61 Å². The van der Waals surface area contributed by atoms with Crippen molar-refractivity contribution in [3.05, 3.63) is 15.8 Å². The Hall–Kier alpha value is -0.960. The number of carboxylic acid groups (broad SMARTS) is 1. The van der Waals surface area contributed by atoms with Gasteiger partial charge in [0.1, 0.15) is 6.04 Å². The first-order chi connectivity index (χ1) is 8.27. The summed E-state index contributed by atoms with van der Waals surface area (Å²) in [4.78, 5) is 12.4. The lowest BCUT2D eigenvalue weighted by Crippen LogP contribution is -2.41. The first kappa shape index (κ1) is 15.1. The number of aliphatic hydroxyl groups excluding tert-OH is 1. The molecule has 1 atom stereocenters. The third kappa shape index (κ3) is 3.52. The van der Waals surface area contributed by atoms with E-state index in [1.54, 1.807) is 13.8 Å². The Kier molecular flexibility index (Phi) is 4.85. The van der Waals surface area contributed by atoms with Crippen LogP contribution in [0.4, 0.5) is 0 Å². The smallest absolute Gasteiger partial charge is 0.321 e. The molecule has 0 saturated heterocycles. The molecule has 1 aromatic rings. The van der Waals surface area contributed by atoms with E-state index in [0.29, 0.717) is 4.88 Å². The minimum atomic E-state index is -3.87. The van der Waals surface area contributed by atoms with Gasteiger partial charge in [0.2, 0.25) is 10.0 Å². The van der Waals surface area contributed by atoms with Gasteiger partial charge in [0, 0.05) is 16.4 Å². The molecule has 0 amide bonds. The van der Waals surface area contributed by atoms with Crippen LogP contribution in [0.5, 0.6) is 0 Å². The lowest BCUT2D eigenvalue weighted by molar-refractivity contribution is -0.139. The van der Waals surface area contributed by atoms with Gasteiger partial charge in [-0.3, -0.25) is 4.79 Å². The quantitative estimate of drug-likeness (QED) is 0.707. The van der Waals surface area contributed by atoms with Crippen LogP contribution in [0.3, 0.4) is 0 Å². The van der Waals surface area contributed by atoms with Crippen LogP contribution in [0.25, 0.3) is 0 Å². The van der Waals surface area contributed by atoms with Gasteiger partial charge in [-0.1, -0.05) is 0 Å². The summed E-state index contributed by atoms with van der Waals surface area (Å²) < 4.78 is 26.1. The molecule has 3 N–H and O–H groups in total. The highest BCUT2D eigenvalue weighted by Gasteiger charge is 2.26. The minimum absolute atomic E-state index is 0.0918. The average Bonchev–Trinajstić information content (AvgIpc) is 2.57. The van der Waals surface area contributed by atoms with Crippen molar-refractivity contribution < 1.29 is 23.4 Å². The molecule has 1 aromatic heterocycles. The van der Waals surface area contributed by atoms with Crippen LogP contribution < -0.4 is 4.72 Å². The third-order valence-electron chi connectivity index (χ3n) is 2.30. The molecule has 0 fully saturated rings. The van der Waals surface area contributed by atoms with Gasteiger partial charge in [-0.05, 0) is 26.3 Å². The monoisotopic (exact) mass is 293 g/mol. The highest BCUT2D eigenvalue weighted by atomic mass is 32.2. The average molecular weight is 293 g/mol. The normalized spacial score (nSPS) is 13.5. The van der Waals surface area contributed by atoms with Crippen LogP contribution >= 0.6 is 11.3 Å². The zero-order chi connectivity index (χ0) is 13.9. The maximum absolute atomic E-state index is 12.0. The molecule has 0 aliphatic rings. The summed E-state index contributed by atoms with van der Waals surface area (Å²) in [7, 11) is -3.87. The van der Waals surface area contributed by atoms with Crippen molar-refractivity contribution in [3.63, 3.8) is 0 Å². The van der Waals surface area contributed by atoms with E-state index in [1.165, 1.54) is 17.4 Å². The number of carboxylic acids is 1. The largest absolute Gasteiger partial charge is 0.480 e. The summed E-state index contributed by atoms with van der Waals surface area (Å²) in [6.07, 6.45) is -0.170. The van der Waals surface area contributed by atoms with Gasteiger partial charge in [-0.15, -0.1) is 11.3 Å². The van der Waals surface area contributed by atoms with Gasteiger partial charge in [0.15, 0.2) is 0 Å². The van der Waals surface area contributed by atoms with Gasteiger partial charge in [0.25, 0.3) is 0 Å². The van der Waals surface area contributed by atoms with E-state index < -0.39 is 28.6 Å². The number of carbonyl (C=O) groups is 1. The zero-order valence-electron chi connectivity index (χ0n) is 10.0. The molecule has 0 aromatic carbocycles. The molecular weight excluding hydrogens is 278 g/mol. The number of aliphatic carboxylic acids is 1. The van der Waals surface area contributed by atoms with E-state index in [2.05, 4.69) is 4.72 Å². The Morgan fingerprint density at radius 2 is 2.11 bits per heavy atom. The fraction of sp³-hybridized carbons (Fsp3) is 0.500. The predicted molar refractivity (Wildman–Crippen MR) is 67.2 cm³/mol. The van der Waals surface area contributed by atoms with Crippen LogP contribution in [0.2, 0.25) is 0 Å². The maximum atomic E-state index is 12.0. The Balaban J connectivity index is 3.00. The van der Waals surface area contributed by atoms with Gasteiger partial charge in [-0.25, -0.2) is 8.42 Å². The summed E-state index contributed by atoms with van der Waals surface area (Å²) >= 11 is 1.33. The summed E-state index contributed by atoms with van der Waals surface area (Å²) in [5.41, 5.74) is 0. The first-order valence-electron chi connectivity index (χ1n) is 5.21. The van der Waals surface area contributed by atoms with Gasteiger partial charge in [-0.2, -0.15) is 4.72 Å². The second-order valence-corrected chi connectivity index (χ2v) is 6.94. The van der Waals surface area contributed by atoms with Crippen molar-refractivity contribution in [3.8, 4) is 0 Å². The van der Waals surface area contributed by atoms with Crippen molar-refractivity contribution in [1.82, 2.24) is 4.72 Å². The molecule has 0 radical (unpaired) electrons. The molecular formula is C10H15NO5S2. The predicted octanol–water partition coefficient (Wildman–Crippen LogP) is 0.479. The molecule has 6 nitrogen and oxygen atoms in total. The molecule has 0 aliphatic carbocycles. The molecule has 0 spiro atoms. The standard InChI is InChI=1S/C10H15NO5S2/c1-6-5-9(7(2)17-6)18(15,16)11-8(3-4-12)10(13)14/h5,8,11-12H,3-4H2,1-2H3,(H,13,14)/t8-/m0/s1. The molecule has 1 rings (SSSR count). The van der Waals surface area contributed by atoms with Crippen LogP contribution in [-0.4, -0.2) is 37.2 Å². The zero-order valence-corrected chi connectivity index (χ0v) is 11.6. The van der Waals surface area contributed by atoms with Crippen LogP contribution in [0.15, 0.2) is 11.0 Å². The Bertz CT molecular complexity index is 534. The molecule has 102 valence electrons. The van der Waals surface area contributed by atoms with Crippen LogP contribution in [0, 0.1) is 13.8 Å². The van der Waals surface area contributed by atoms with Crippen molar-refractivity contribution in [2.24, 2.45) is 0 Å². The van der Waals surface area contributed by atoms with E-state index in [1.807, 2.05) is 0 Å². The number of nitrogens with one attached hydrogen (secondary N) is 1. The van der Waals surface area contributed by atoms with E-state index in [-0.39, 0.29) is 11.3 Å².